The quantitative estimate of drug-likeness (QED) is 0.232. The maximum Gasteiger partial charge on any atom is 0.416 e. The fourth-order valence-electron chi connectivity index (χ4n) is 3.41. The Labute approximate surface area is 214 Å². The largest absolute Gasteiger partial charge is 0.459 e. The van der Waals surface area contributed by atoms with E-state index in [1.54, 1.807) is 36.4 Å². The highest BCUT2D eigenvalue weighted by Gasteiger charge is 2.30. The number of halogens is 3. The zero-order chi connectivity index (χ0) is 27.1. The molecule has 0 saturated heterocycles. The van der Waals surface area contributed by atoms with Crippen molar-refractivity contribution in [2.75, 3.05) is 27.8 Å². The van der Waals surface area contributed by atoms with Gasteiger partial charge in [-0.05, 0) is 66.7 Å². The first-order valence-corrected chi connectivity index (χ1v) is 11.2. The van der Waals surface area contributed by atoms with Gasteiger partial charge in [0.1, 0.15) is 0 Å². The number of rotatable bonds is 8. The molecule has 4 aromatic rings. The van der Waals surface area contributed by atoms with Crippen molar-refractivity contribution in [2.45, 2.75) is 6.18 Å². The van der Waals surface area contributed by atoms with Crippen molar-refractivity contribution in [3.05, 3.63) is 108 Å². The molecule has 4 rings (SSSR count). The summed E-state index contributed by atoms with van der Waals surface area (Å²) in [7, 11) is 0. The molecule has 194 valence electrons. The molecule has 3 aromatic carbocycles. The Morgan fingerprint density at radius 2 is 1.32 bits per heavy atom. The third-order valence-corrected chi connectivity index (χ3v) is 5.17. The van der Waals surface area contributed by atoms with Gasteiger partial charge in [0.2, 0.25) is 5.91 Å². The van der Waals surface area contributed by atoms with Crippen molar-refractivity contribution in [2.24, 2.45) is 0 Å². The molecule has 11 heteroatoms. The second-order valence-corrected chi connectivity index (χ2v) is 8.03. The number of alkyl halides is 3. The van der Waals surface area contributed by atoms with Crippen LogP contribution in [0.4, 0.5) is 35.9 Å². The summed E-state index contributed by atoms with van der Waals surface area (Å²) in [4.78, 5) is 37.1. The SMILES string of the molecule is O=C(CNc1cccc(NC(=O)c2ccco2)c1)Nc1cccc(C(=O)Nc2cccc(C(F)(F)F)c2)c1. The van der Waals surface area contributed by atoms with E-state index in [-0.39, 0.29) is 23.6 Å². The first-order valence-electron chi connectivity index (χ1n) is 11.2. The van der Waals surface area contributed by atoms with Crippen LogP contribution >= 0.6 is 0 Å². The molecule has 0 unspecified atom stereocenters. The number of nitrogens with one attached hydrogen (secondary N) is 4. The maximum absolute atomic E-state index is 12.9. The highest BCUT2D eigenvalue weighted by molar-refractivity contribution is 6.05. The standard InChI is InChI=1S/C27H21F3N4O4/c28-27(29,30)18-6-2-9-21(14-18)33-25(36)17-5-1-8-20(13-17)32-24(35)16-31-19-7-3-10-22(15-19)34-26(37)23-11-4-12-38-23/h1-15,31H,16H2,(H,32,35)(H,33,36)(H,34,37). The van der Waals surface area contributed by atoms with E-state index in [0.717, 1.165) is 12.1 Å². The zero-order valence-electron chi connectivity index (χ0n) is 19.6. The van der Waals surface area contributed by atoms with Crippen molar-refractivity contribution in [1.29, 1.82) is 0 Å². The number of furan rings is 1. The molecule has 1 aromatic heterocycles. The van der Waals surface area contributed by atoms with Gasteiger partial charge in [0, 0.05) is 28.3 Å². The van der Waals surface area contributed by atoms with Gasteiger partial charge in [0.05, 0.1) is 18.4 Å². The molecule has 0 radical (unpaired) electrons. The number of hydrogen-bond donors (Lipinski definition) is 4. The van der Waals surface area contributed by atoms with Crippen LogP contribution in [0.25, 0.3) is 0 Å². The minimum absolute atomic E-state index is 0.00829. The van der Waals surface area contributed by atoms with E-state index in [1.807, 2.05) is 0 Å². The van der Waals surface area contributed by atoms with Crippen molar-refractivity contribution < 1.29 is 32.0 Å². The smallest absolute Gasteiger partial charge is 0.416 e. The molecular formula is C27H21F3N4O4. The number of carbonyl (C=O) groups is 3. The van der Waals surface area contributed by atoms with Gasteiger partial charge in [-0.2, -0.15) is 13.2 Å². The Morgan fingerprint density at radius 1 is 0.684 bits per heavy atom. The van der Waals surface area contributed by atoms with Gasteiger partial charge in [-0.25, -0.2) is 0 Å². The zero-order valence-corrected chi connectivity index (χ0v) is 19.6. The van der Waals surface area contributed by atoms with Crippen LogP contribution in [-0.4, -0.2) is 24.3 Å². The summed E-state index contributed by atoms with van der Waals surface area (Å²) in [6.45, 7) is -0.115. The van der Waals surface area contributed by atoms with Gasteiger partial charge in [-0.1, -0.05) is 18.2 Å². The number of anilines is 4. The van der Waals surface area contributed by atoms with Crippen molar-refractivity contribution in [3.8, 4) is 0 Å². The van der Waals surface area contributed by atoms with E-state index in [9.17, 15) is 27.6 Å². The van der Waals surface area contributed by atoms with Gasteiger partial charge in [-0.3, -0.25) is 14.4 Å². The molecule has 0 saturated carbocycles. The van der Waals surface area contributed by atoms with Crippen LogP contribution in [-0.2, 0) is 11.0 Å². The molecule has 0 aliphatic rings. The Balaban J connectivity index is 1.32. The van der Waals surface area contributed by atoms with Crippen molar-refractivity contribution in [1.82, 2.24) is 0 Å². The summed E-state index contributed by atoms with van der Waals surface area (Å²) >= 11 is 0. The van der Waals surface area contributed by atoms with Crippen molar-refractivity contribution in [3.63, 3.8) is 0 Å². The van der Waals surface area contributed by atoms with Crippen LogP contribution in [0, 0.1) is 0 Å². The van der Waals surface area contributed by atoms with Crippen LogP contribution in [0.1, 0.15) is 26.5 Å². The minimum atomic E-state index is -4.53. The lowest BCUT2D eigenvalue weighted by molar-refractivity contribution is -0.137. The second kappa shape index (κ2) is 11.3. The van der Waals surface area contributed by atoms with Gasteiger partial charge in [0.15, 0.2) is 5.76 Å². The molecular weight excluding hydrogens is 501 g/mol. The maximum atomic E-state index is 12.9. The van der Waals surface area contributed by atoms with E-state index < -0.39 is 29.5 Å². The van der Waals surface area contributed by atoms with E-state index in [2.05, 4.69) is 21.3 Å². The monoisotopic (exact) mass is 522 g/mol. The third-order valence-electron chi connectivity index (χ3n) is 5.17. The predicted molar refractivity (Wildman–Crippen MR) is 136 cm³/mol. The highest BCUT2D eigenvalue weighted by Crippen LogP contribution is 2.30. The molecule has 4 N–H and O–H groups in total. The summed E-state index contributed by atoms with van der Waals surface area (Å²) in [5, 5.41) is 10.7. The third kappa shape index (κ3) is 7.00. The average molecular weight is 522 g/mol. The van der Waals surface area contributed by atoms with Gasteiger partial charge in [-0.15, -0.1) is 0 Å². The molecule has 0 atom stereocenters. The molecule has 0 fully saturated rings. The molecule has 0 spiro atoms. The second-order valence-electron chi connectivity index (χ2n) is 8.03. The minimum Gasteiger partial charge on any atom is -0.459 e. The van der Waals surface area contributed by atoms with Gasteiger partial charge in [0.25, 0.3) is 11.8 Å². The van der Waals surface area contributed by atoms with E-state index in [0.29, 0.717) is 17.1 Å². The number of hydrogen-bond acceptors (Lipinski definition) is 5. The molecule has 8 nitrogen and oxygen atoms in total. The summed E-state index contributed by atoms with van der Waals surface area (Å²) in [6, 6.07) is 20.2. The number of carbonyl (C=O) groups excluding carboxylic acids is 3. The topological polar surface area (TPSA) is 112 Å². The molecule has 0 aliphatic carbocycles. The molecule has 0 bridgehead atoms. The molecule has 1 heterocycles. The normalized spacial score (nSPS) is 10.9. The molecule has 3 amide bonds. The lowest BCUT2D eigenvalue weighted by atomic mass is 10.1. The lowest BCUT2D eigenvalue weighted by Crippen LogP contribution is -2.22. The number of benzene rings is 3. The fourth-order valence-corrected chi connectivity index (χ4v) is 3.41. The van der Waals surface area contributed by atoms with Crippen LogP contribution < -0.4 is 21.3 Å². The van der Waals surface area contributed by atoms with E-state index in [4.69, 9.17) is 4.42 Å². The van der Waals surface area contributed by atoms with Gasteiger partial charge >= 0.3 is 6.18 Å². The lowest BCUT2D eigenvalue weighted by Gasteiger charge is -2.11. The van der Waals surface area contributed by atoms with E-state index >= 15 is 0 Å². The van der Waals surface area contributed by atoms with Crippen molar-refractivity contribution >= 4 is 40.5 Å². The Hall–Kier alpha value is -5.06. The Bertz CT molecular complexity index is 1450. The summed E-state index contributed by atoms with van der Waals surface area (Å²) in [5.74, 6) is -1.30. The Kier molecular flexibility index (Phi) is 7.76. The Morgan fingerprint density at radius 3 is 2.03 bits per heavy atom. The fraction of sp³-hybridized carbons (Fsp3) is 0.0741. The summed E-state index contributed by atoms with van der Waals surface area (Å²) in [6.07, 6.45) is -3.14. The summed E-state index contributed by atoms with van der Waals surface area (Å²) in [5.41, 5.74) is 0.657. The van der Waals surface area contributed by atoms with Crippen LogP contribution in [0.15, 0.2) is 95.6 Å². The highest BCUT2D eigenvalue weighted by atomic mass is 19.4. The first kappa shape index (κ1) is 26.0. The predicted octanol–water partition coefficient (Wildman–Crippen LogP) is 5.85. The molecule has 38 heavy (non-hydrogen) atoms. The first-order chi connectivity index (χ1) is 18.2. The van der Waals surface area contributed by atoms with E-state index in [1.165, 1.54) is 42.7 Å². The molecule has 0 aliphatic heterocycles. The van der Waals surface area contributed by atoms with Gasteiger partial charge < -0.3 is 25.7 Å². The summed E-state index contributed by atoms with van der Waals surface area (Å²) < 4.78 is 43.8. The van der Waals surface area contributed by atoms with Crippen LogP contribution in [0.3, 0.4) is 0 Å². The van der Waals surface area contributed by atoms with Crippen LogP contribution in [0.5, 0.6) is 0 Å². The van der Waals surface area contributed by atoms with Crippen LogP contribution in [0.2, 0.25) is 0 Å². The average Bonchev–Trinajstić information content (AvgIpc) is 3.43. The number of amides is 3.